The van der Waals surface area contributed by atoms with Crippen molar-refractivity contribution >= 4 is 39.3 Å². The van der Waals surface area contributed by atoms with Crippen LogP contribution in [0.4, 0.5) is 5.69 Å². The first kappa shape index (κ1) is 20.6. The van der Waals surface area contributed by atoms with Gasteiger partial charge in [0.2, 0.25) is 5.91 Å². The van der Waals surface area contributed by atoms with Gasteiger partial charge in [0, 0.05) is 23.6 Å². The predicted molar refractivity (Wildman–Crippen MR) is 118 cm³/mol. The Labute approximate surface area is 178 Å². The Balaban J connectivity index is 1.61. The Kier molecular flexibility index (Phi) is 6.91. The van der Waals surface area contributed by atoms with Crippen LogP contribution in [0.1, 0.15) is 36.7 Å². The number of nitrogens with zero attached hydrogens (tertiary/aromatic N) is 3. The highest BCUT2D eigenvalue weighted by Crippen LogP contribution is 2.28. The normalized spacial score (nSPS) is 11.0. The standard InChI is InChI=1S/C21H23BrN4OS/c1-14(2)17-12-16(22)9-10-18(17)23-20(27)13-28-21-25-24-19(26(21)3)11-15-7-5-4-6-8-15/h4-10,12,14H,11,13H2,1-3H3,(H,23,27). The average Bonchev–Trinajstić information content (AvgIpc) is 3.02. The summed E-state index contributed by atoms with van der Waals surface area (Å²) in [4.78, 5) is 12.5. The molecule has 0 spiro atoms. The van der Waals surface area contributed by atoms with Crippen molar-refractivity contribution < 1.29 is 4.79 Å². The van der Waals surface area contributed by atoms with E-state index in [-0.39, 0.29) is 11.7 Å². The quantitative estimate of drug-likeness (QED) is 0.504. The molecule has 3 rings (SSSR count). The molecule has 1 N–H and O–H groups in total. The Hall–Kier alpha value is -2.12. The molecular weight excluding hydrogens is 436 g/mol. The van der Waals surface area contributed by atoms with E-state index in [4.69, 9.17) is 0 Å². The van der Waals surface area contributed by atoms with E-state index in [0.29, 0.717) is 12.3 Å². The van der Waals surface area contributed by atoms with Gasteiger partial charge in [-0.1, -0.05) is 71.9 Å². The van der Waals surface area contributed by atoms with Gasteiger partial charge < -0.3 is 9.88 Å². The lowest BCUT2D eigenvalue weighted by Crippen LogP contribution is -2.16. The van der Waals surface area contributed by atoms with E-state index in [2.05, 4.69) is 57.4 Å². The van der Waals surface area contributed by atoms with Gasteiger partial charge >= 0.3 is 0 Å². The van der Waals surface area contributed by atoms with Crippen LogP contribution in [-0.2, 0) is 18.3 Å². The van der Waals surface area contributed by atoms with Crippen molar-refractivity contribution in [1.29, 1.82) is 0 Å². The summed E-state index contributed by atoms with van der Waals surface area (Å²) < 4.78 is 2.96. The number of carbonyl (C=O) groups excluding carboxylic acids is 1. The van der Waals surface area contributed by atoms with Crippen LogP contribution in [0.15, 0.2) is 58.2 Å². The Morgan fingerprint density at radius 1 is 1.18 bits per heavy atom. The smallest absolute Gasteiger partial charge is 0.234 e. The Morgan fingerprint density at radius 2 is 1.93 bits per heavy atom. The van der Waals surface area contributed by atoms with Gasteiger partial charge in [-0.15, -0.1) is 10.2 Å². The maximum absolute atomic E-state index is 12.5. The zero-order valence-corrected chi connectivity index (χ0v) is 18.5. The number of rotatable bonds is 7. The fourth-order valence-corrected chi connectivity index (χ4v) is 3.95. The lowest BCUT2D eigenvalue weighted by Gasteiger charge is -2.14. The van der Waals surface area contributed by atoms with E-state index in [9.17, 15) is 4.79 Å². The highest BCUT2D eigenvalue weighted by Gasteiger charge is 2.14. The molecule has 0 aliphatic rings. The number of nitrogens with one attached hydrogen (secondary N) is 1. The third-order valence-corrected chi connectivity index (χ3v) is 5.89. The van der Waals surface area contributed by atoms with Crippen LogP contribution in [0, 0.1) is 0 Å². The molecule has 0 radical (unpaired) electrons. The third kappa shape index (κ3) is 5.23. The van der Waals surface area contributed by atoms with E-state index < -0.39 is 0 Å². The number of thioether (sulfide) groups is 1. The van der Waals surface area contributed by atoms with Crippen molar-refractivity contribution in [2.45, 2.75) is 31.3 Å². The van der Waals surface area contributed by atoms with E-state index in [0.717, 1.165) is 26.7 Å². The van der Waals surface area contributed by atoms with Gasteiger partial charge in [0.25, 0.3) is 0 Å². The Bertz CT molecular complexity index is 956. The van der Waals surface area contributed by atoms with Crippen LogP contribution >= 0.6 is 27.7 Å². The second kappa shape index (κ2) is 9.39. The third-order valence-electron chi connectivity index (χ3n) is 4.37. The van der Waals surface area contributed by atoms with E-state index >= 15 is 0 Å². The van der Waals surface area contributed by atoms with Crippen LogP contribution in [0.5, 0.6) is 0 Å². The number of hydrogen-bond acceptors (Lipinski definition) is 4. The molecule has 28 heavy (non-hydrogen) atoms. The monoisotopic (exact) mass is 458 g/mol. The first-order chi connectivity index (χ1) is 13.4. The zero-order chi connectivity index (χ0) is 20.1. The predicted octanol–water partition coefficient (Wildman–Crippen LogP) is 5.02. The molecule has 0 atom stereocenters. The second-order valence-electron chi connectivity index (χ2n) is 6.84. The van der Waals surface area contributed by atoms with Crippen LogP contribution in [0.25, 0.3) is 0 Å². The summed E-state index contributed by atoms with van der Waals surface area (Å²) in [5, 5.41) is 12.3. The van der Waals surface area contributed by atoms with E-state index in [1.54, 1.807) is 0 Å². The first-order valence-corrected chi connectivity index (χ1v) is 10.9. The fourth-order valence-electron chi connectivity index (χ4n) is 2.84. The summed E-state index contributed by atoms with van der Waals surface area (Å²) in [5.41, 5.74) is 3.15. The molecule has 1 heterocycles. The van der Waals surface area contributed by atoms with E-state index in [1.165, 1.54) is 17.3 Å². The van der Waals surface area contributed by atoms with Crippen LogP contribution < -0.4 is 5.32 Å². The van der Waals surface area contributed by atoms with Crippen LogP contribution in [0.3, 0.4) is 0 Å². The van der Waals surface area contributed by atoms with Gasteiger partial charge in [0.05, 0.1) is 5.75 Å². The molecular formula is C21H23BrN4OS. The minimum Gasteiger partial charge on any atom is -0.325 e. The lowest BCUT2D eigenvalue weighted by atomic mass is 10.0. The number of carbonyl (C=O) groups is 1. The highest BCUT2D eigenvalue weighted by molar-refractivity contribution is 9.10. The molecule has 0 saturated carbocycles. The molecule has 0 aliphatic carbocycles. The maximum atomic E-state index is 12.5. The minimum absolute atomic E-state index is 0.0539. The molecule has 3 aromatic rings. The zero-order valence-electron chi connectivity index (χ0n) is 16.1. The number of aromatic nitrogens is 3. The van der Waals surface area contributed by atoms with Gasteiger partial charge in [-0.3, -0.25) is 4.79 Å². The molecule has 7 heteroatoms. The van der Waals surface area contributed by atoms with Crippen molar-refractivity contribution in [1.82, 2.24) is 14.8 Å². The second-order valence-corrected chi connectivity index (χ2v) is 8.70. The SMILES string of the molecule is CC(C)c1cc(Br)ccc1NC(=O)CSc1nnc(Cc2ccccc2)n1C. The topological polar surface area (TPSA) is 59.8 Å². The molecule has 0 aliphatic heterocycles. The van der Waals surface area contributed by atoms with Gasteiger partial charge in [-0.25, -0.2) is 0 Å². The maximum Gasteiger partial charge on any atom is 0.234 e. The van der Waals surface area contributed by atoms with Crippen LogP contribution in [-0.4, -0.2) is 26.4 Å². The summed E-state index contributed by atoms with van der Waals surface area (Å²) >= 11 is 4.88. The summed E-state index contributed by atoms with van der Waals surface area (Å²) in [7, 11) is 1.93. The van der Waals surface area contributed by atoms with Crippen molar-refractivity contribution in [3.63, 3.8) is 0 Å². The summed E-state index contributed by atoms with van der Waals surface area (Å²) in [6.07, 6.45) is 0.716. The molecule has 1 aromatic heterocycles. The molecule has 0 saturated heterocycles. The first-order valence-electron chi connectivity index (χ1n) is 9.08. The Morgan fingerprint density at radius 3 is 2.64 bits per heavy atom. The molecule has 2 aromatic carbocycles. The summed E-state index contributed by atoms with van der Waals surface area (Å²) in [6.45, 7) is 4.22. The average molecular weight is 459 g/mol. The molecule has 1 amide bonds. The number of halogens is 1. The van der Waals surface area contributed by atoms with E-state index in [1.807, 2.05) is 48.0 Å². The number of anilines is 1. The largest absolute Gasteiger partial charge is 0.325 e. The number of hydrogen-bond donors (Lipinski definition) is 1. The molecule has 0 unspecified atom stereocenters. The summed E-state index contributed by atoms with van der Waals surface area (Å²) in [5.74, 6) is 1.43. The molecule has 0 fully saturated rings. The summed E-state index contributed by atoms with van der Waals surface area (Å²) in [6, 6.07) is 16.1. The molecule has 5 nitrogen and oxygen atoms in total. The molecule has 146 valence electrons. The van der Waals surface area contributed by atoms with Crippen molar-refractivity contribution in [2.75, 3.05) is 11.1 Å². The van der Waals surface area contributed by atoms with Gasteiger partial charge in [-0.2, -0.15) is 0 Å². The highest BCUT2D eigenvalue weighted by atomic mass is 79.9. The number of amides is 1. The van der Waals surface area contributed by atoms with Crippen molar-refractivity contribution in [3.05, 3.63) is 70.0 Å². The van der Waals surface area contributed by atoms with Gasteiger partial charge in [0.1, 0.15) is 5.82 Å². The van der Waals surface area contributed by atoms with Crippen molar-refractivity contribution in [2.24, 2.45) is 7.05 Å². The van der Waals surface area contributed by atoms with Gasteiger partial charge in [0.15, 0.2) is 5.16 Å². The fraction of sp³-hybridized carbons (Fsp3) is 0.286. The number of benzene rings is 2. The lowest BCUT2D eigenvalue weighted by molar-refractivity contribution is -0.113. The minimum atomic E-state index is -0.0539. The van der Waals surface area contributed by atoms with Crippen LogP contribution in [0.2, 0.25) is 0 Å². The van der Waals surface area contributed by atoms with Gasteiger partial charge in [-0.05, 0) is 35.2 Å². The molecule has 0 bridgehead atoms. The van der Waals surface area contributed by atoms with Crippen molar-refractivity contribution in [3.8, 4) is 0 Å².